The number of nitrogens with zero attached hydrogens (tertiary/aromatic N) is 2. The van der Waals surface area contributed by atoms with Gasteiger partial charge in [0.1, 0.15) is 31.2 Å². The normalized spacial score (nSPS) is 11.0. The van der Waals surface area contributed by atoms with Crippen LogP contribution in [0.4, 0.5) is 5.69 Å². The number of hydrogen-bond acceptors (Lipinski definition) is 3. The van der Waals surface area contributed by atoms with E-state index in [4.69, 9.17) is 9.15 Å². The van der Waals surface area contributed by atoms with Gasteiger partial charge in [0.25, 0.3) is 0 Å². The first-order valence-corrected chi connectivity index (χ1v) is 9.31. The molecule has 1 heterocycles. The second kappa shape index (κ2) is 7.04. The van der Waals surface area contributed by atoms with E-state index in [9.17, 15) is 0 Å². The molecule has 2 aromatic rings. The fraction of sp³-hybridized carbons (Fsp3) is 0.208. The Morgan fingerprint density at radius 2 is 1.68 bits per heavy atom. The molecule has 0 atom stereocenters. The van der Waals surface area contributed by atoms with Gasteiger partial charge in [-0.25, -0.2) is 4.58 Å². The lowest BCUT2D eigenvalue weighted by molar-refractivity contribution is 0.416. The molecule has 0 aromatic heterocycles. The summed E-state index contributed by atoms with van der Waals surface area (Å²) in [5.74, 6) is 1.71. The minimum absolute atomic E-state index is 0.852. The molecule has 0 bridgehead atoms. The highest BCUT2D eigenvalue weighted by atomic mass is 16.5. The first-order valence-electron chi connectivity index (χ1n) is 9.31. The Morgan fingerprint density at radius 3 is 2.39 bits per heavy atom. The van der Waals surface area contributed by atoms with Gasteiger partial charge in [-0.3, -0.25) is 0 Å². The zero-order valence-electron chi connectivity index (χ0n) is 17.0. The van der Waals surface area contributed by atoms with E-state index in [1.807, 2.05) is 46.4 Å². The average Bonchev–Trinajstić information content (AvgIpc) is 2.71. The highest BCUT2D eigenvalue weighted by molar-refractivity contribution is 6.03. The van der Waals surface area contributed by atoms with Crippen molar-refractivity contribution in [3.8, 4) is 28.2 Å². The number of benzene rings is 3. The molecule has 4 heteroatoms. The second-order valence-corrected chi connectivity index (χ2v) is 7.33. The van der Waals surface area contributed by atoms with Crippen molar-refractivity contribution in [3.63, 3.8) is 0 Å². The monoisotopic (exact) mass is 373 g/mol. The summed E-state index contributed by atoms with van der Waals surface area (Å²) < 4.78 is 14.1. The Balaban J connectivity index is 2.17. The van der Waals surface area contributed by atoms with Crippen LogP contribution in [0.2, 0.25) is 0 Å². The Morgan fingerprint density at radius 1 is 0.893 bits per heavy atom. The molecule has 142 valence electrons. The van der Waals surface area contributed by atoms with E-state index >= 15 is 0 Å². The van der Waals surface area contributed by atoms with Gasteiger partial charge in [0.05, 0.1) is 13.2 Å². The number of ether oxygens (including phenoxy) is 1. The maximum atomic E-state index is 6.37. The van der Waals surface area contributed by atoms with E-state index in [0.717, 1.165) is 50.2 Å². The van der Waals surface area contributed by atoms with Crippen LogP contribution in [0.1, 0.15) is 0 Å². The molecule has 0 amide bonds. The van der Waals surface area contributed by atoms with Crippen molar-refractivity contribution in [2.24, 2.45) is 0 Å². The van der Waals surface area contributed by atoms with Gasteiger partial charge in [0, 0.05) is 54.0 Å². The van der Waals surface area contributed by atoms with E-state index in [2.05, 4.69) is 51.9 Å². The van der Waals surface area contributed by atoms with Crippen LogP contribution >= 0.6 is 0 Å². The third kappa shape index (κ3) is 3.01. The molecule has 0 fully saturated rings. The summed E-state index contributed by atoms with van der Waals surface area (Å²) in [5.41, 5.74) is 5.22. The molecule has 0 saturated carbocycles. The molecule has 0 saturated heterocycles. The summed E-state index contributed by atoms with van der Waals surface area (Å²) in [6, 6.07) is 20.8. The first-order chi connectivity index (χ1) is 13.5. The minimum atomic E-state index is 0.852. The van der Waals surface area contributed by atoms with Crippen LogP contribution < -0.4 is 19.6 Å². The Bertz CT molecular complexity index is 1200. The van der Waals surface area contributed by atoms with Gasteiger partial charge in [-0.2, -0.15) is 0 Å². The lowest BCUT2D eigenvalue weighted by Gasteiger charge is -2.19. The van der Waals surface area contributed by atoms with Crippen molar-refractivity contribution >= 4 is 16.7 Å². The number of anilines is 1. The van der Waals surface area contributed by atoms with Crippen LogP contribution in [0.25, 0.3) is 33.4 Å². The van der Waals surface area contributed by atoms with Crippen molar-refractivity contribution in [2.45, 2.75) is 0 Å². The largest absolute Gasteiger partial charge is 0.496 e. The van der Waals surface area contributed by atoms with Gasteiger partial charge >= 0.3 is 0 Å². The molecule has 1 aliphatic carbocycles. The zero-order valence-corrected chi connectivity index (χ0v) is 17.0. The molecule has 2 aliphatic rings. The fourth-order valence-corrected chi connectivity index (χ4v) is 3.57. The summed E-state index contributed by atoms with van der Waals surface area (Å²) >= 11 is 0. The van der Waals surface area contributed by atoms with Crippen molar-refractivity contribution in [1.82, 2.24) is 4.58 Å². The van der Waals surface area contributed by atoms with Gasteiger partial charge in [-0.15, -0.1) is 0 Å². The van der Waals surface area contributed by atoms with E-state index in [1.165, 1.54) is 0 Å². The minimum Gasteiger partial charge on any atom is -0.496 e. The van der Waals surface area contributed by atoms with Gasteiger partial charge < -0.3 is 14.1 Å². The van der Waals surface area contributed by atoms with Crippen LogP contribution in [0.3, 0.4) is 0 Å². The number of fused-ring (bicyclic) bond motifs is 2. The highest BCUT2D eigenvalue weighted by Gasteiger charge is 2.20. The maximum absolute atomic E-state index is 6.37. The number of rotatable bonds is 3. The molecule has 0 radical (unpaired) electrons. The van der Waals surface area contributed by atoms with E-state index in [1.54, 1.807) is 7.11 Å². The van der Waals surface area contributed by atoms with Gasteiger partial charge in [-0.1, -0.05) is 18.2 Å². The Kier molecular flexibility index (Phi) is 4.55. The first kappa shape index (κ1) is 18.1. The molecule has 0 unspecified atom stereocenters. The SMILES string of the molecule is COc1ccccc1-c1c2ccc(=[N+](C)C)cc-2oc2cc(N(C)C)ccc12. The standard InChI is InChI=1S/C24H25N2O2/c1-25(2)16-10-12-19-22(14-16)28-23-15-17(26(3)4)11-13-20(23)24(19)18-8-6-7-9-21(18)27-5/h6-15H,1-5H3/q+1. The lowest BCUT2D eigenvalue weighted by Crippen LogP contribution is -2.21. The molecule has 4 rings (SSSR count). The molecular formula is C24H25N2O2+. The molecule has 28 heavy (non-hydrogen) atoms. The zero-order chi connectivity index (χ0) is 19.8. The van der Waals surface area contributed by atoms with Gasteiger partial charge in [0.2, 0.25) is 5.36 Å². The number of hydrogen-bond donors (Lipinski definition) is 0. The predicted molar refractivity (Wildman–Crippen MR) is 116 cm³/mol. The van der Waals surface area contributed by atoms with Crippen LogP contribution in [-0.2, 0) is 0 Å². The van der Waals surface area contributed by atoms with Gasteiger partial charge in [0.15, 0.2) is 0 Å². The molecule has 4 nitrogen and oxygen atoms in total. The van der Waals surface area contributed by atoms with Crippen LogP contribution in [-0.4, -0.2) is 35.3 Å². The summed E-state index contributed by atoms with van der Waals surface area (Å²) in [7, 11) is 9.85. The van der Waals surface area contributed by atoms with Gasteiger partial charge in [-0.05, 0) is 24.3 Å². The van der Waals surface area contributed by atoms with Crippen molar-refractivity contribution in [2.75, 3.05) is 40.2 Å². The second-order valence-electron chi connectivity index (χ2n) is 7.33. The summed E-state index contributed by atoms with van der Waals surface area (Å²) in [5, 5.41) is 2.17. The quantitative estimate of drug-likeness (QED) is 0.396. The number of para-hydroxylation sites is 1. The molecule has 0 spiro atoms. The van der Waals surface area contributed by atoms with Crippen molar-refractivity contribution in [3.05, 3.63) is 66.0 Å². The lowest BCUT2D eigenvalue weighted by atomic mass is 9.93. The van der Waals surface area contributed by atoms with Crippen LogP contribution in [0.15, 0.2) is 65.1 Å². The predicted octanol–water partition coefficient (Wildman–Crippen LogP) is 4.31. The van der Waals surface area contributed by atoms with E-state index in [-0.39, 0.29) is 0 Å². The Hall–Kier alpha value is -3.27. The summed E-state index contributed by atoms with van der Waals surface area (Å²) in [6.45, 7) is 0. The average molecular weight is 373 g/mol. The molecule has 1 aliphatic heterocycles. The van der Waals surface area contributed by atoms with E-state index < -0.39 is 0 Å². The Labute approximate surface area is 165 Å². The van der Waals surface area contributed by atoms with Crippen LogP contribution in [0.5, 0.6) is 5.75 Å². The molecule has 0 N–H and O–H groups in total. The third-order valence-electron chi connectivity index (χ3n) is 5.10. The summed E-state index contributed by atoms with van der Waals surface area (Å²) in [4.78, 5) is 2.08. The van der Waals surface area contributed by atoms with Crippen LogP contribution in [0, 0.1) is 0 Å². The third-order valence-corrected chi connectivity index (χ3v) is 5.10. The maximum Gasteiger partial charge on any atom is 0.203 e. The topological polar surface area (TPSA) is 28.6 Å². The van der Waals surface area contributed by atoms with Crippen molar-refractivity contribution in [1.29, 1.82) is 0 Å². The smallest absolute Gasteiger partial charge is 0.203 e. The van der Waals surface area contributed by atoms with Crippen molar-refractivity contribution < 1.29 is 9.15 Å². The summed E-state index contributed by atoms with van der Waals surface area (Å²) in [6.07, 6.45) is 0. The fourth-order valence-electron chi connectivity index (χ4n) is 3.57. The van der Waals surface area contributed by atoms with E-state index in [0.29, 0.717) is 0 Å². The number of methoxy groups -OCH3 is 1. The highest BCUT2D eigenvalue weighted by Crippen LogP contribution is 2.43. The molecule has 2 aromatic carbocycles. The molecular weight excluding hydrogens is 348 g/mol.